The molecule has 0 atom stereocenters. The lowest BCUT2D eigenvalue weighted by molar-refractivity contribution is -0.115. The van der Waals surface area contributed by atoms with E-state index in [2.05, 4.69) is 27.2 Å². The SMILES string of the molecule is C=CS(=O)(=O)CCC(=O)Nc1ccc(-c2ccnn2C)nn1. The molecule has 0 aliphatic heterocycles. The number of hydrogen-bond acceptors (Lipinski definition) is 6. The van der Waals surface area contributed by atoms with Gasteiger partial charge in [-0.25, -0.2) is 8.42 Å². The Labute approximate surface area is 127 Å². The average Bonchev–Trinajstić information content (AvgIpc) is 2.92. The predicted molar refractivity (Wildman–Crippen MR) is 81.5 cm³/mol. The molecule has 0 radical (unpaired) electrons. The van der Waals surface area contributed by atoms with Crippen molar-refractivity contribution in [1.29, 1.82) is 0 Å². The van der Waals surface area contributed by atoms with Crippen LogP contribution in [0, 0.1) is 0 Å². The molecule has 0 saturated heterocycles. The average molecular weight is 321 g/mol. The summed E-state index contributed by atoms with van der Waals surface area (Å²) in [5, 5.41) is 15.2. The summed E-state index contributed by atoms with van der Waals surface area (Å²) in [4.78, 5) is 11.7. The van der Waals surface area contributed by atoms with Gasteiger partial charge in [0.15, 0.2) is 15.7 Å². The van der Waals surface area contributed by atoms with Gasteiger partial charge in [0.1, 0.15) is 5.69 Å². The largest absolute Gasteiger partial charge is 0.309 e. The maximum Gasteiger partial charge on any atom is 0.226 e. The summed E-state index contributed by atoms with van der Waals surface area (Å²) >= 11 is 0. The molecule has 116 valence electrons. The van der Waals surface area contributed by atoms with Gasteiger partial charge in [-0.2, -0.15) is 5.10 Å². The molecule has 0 aliphatic carbocycles. The third-order valence-electron chi connectivity index (χ3n) is 2.88. The summed E-state index contributed by atoms with van der Waals surface area (Å²) in [6.07, 6.45) is 1.48. The monoisotopic (exact) mass is 321 g/mol. The Hall–Kier alpha value is -2.55. The normalized spacial score (nSPS) is 11.1. The van der Waals surface area contributed by atoms with Crippen LogP contribution in [-0.2, 0) is 21.7 Å². The van der Waals surface area contributed by atoms with E-state index in [1.54, 1.807) is 36.1 Å². The van der Waals surface area contributed by atoms with Crippen LogP contribution in [-0.4, -0.2) is 40.1 Å². The van der Waals surface area contributed by atoms with Gasteiger partial charge in [0, 0.05) is 25.1 Å². The Morgan fingerprint density at radius 1 is 1.36 bits per heavy atom. The number of anilines is 1. The van der Waals surface area contributed by atoms with E-state index in [4.69, 9.17) is 0 Å². The first kappa shape index (κ1) is 15.8. The van der Waals surface area contributed by atoms with E-state index in [0.29, 0.717) is 5.69 Å². The van der Waals surface area contributed by atoms with Crippen LogP contribution in [0.2, 0.25) is 0 Å². The smallest absolute Gasteiger partial charge is 0.226 e. The van der Waals surface area contributed by atoms with Crippen LogP contribution in [0.4, 0.5) is 5.82 Å². The highest BCUT2D eigenvalue weighted by Gasteiger charge is 2.11. The fraction of sp³-hybridized carbons (Fsp3) is 0.231. The Balaban J connectivity index is 1.98. The van der Waals surface area contributed by atoms with E-state index >= 15 is 0 Å². The van der Waals surface area contributed by atoms with Gasteiger partial charge in [0.2, 0.25) is 5.91 Å². The molecule has 0 spiro atoms. The molecular formula is C13H15N5O3S. The van der Waals surface area contributed by atoms with Crippen molar-refractivity contribution in [2.45, 2.75) is 6.42 Å². The van der Waals surface area contributed by atoms with Gasteiger partial charge >= 0.3 is 0 Å². The molecule has 8 nitrogen and oxygen atoms in total. The van der Waals surface area contributed by atoms with Gasteiger partial charge in [-0.1, -0.05) is 6.58 Å². The van der Waals surface area contributed by atoms with Crippen molar-refractivity contribution in [1.82, 2.24) is 20.0 Å². The number of aromatic nitrogens is 4. The quantitative estimate of drug-likeness (QED) is 0.842. The summed E-state index contributed by atoms with van der Waals surface area (Å²) in [7, 11) is -1.61. The Kier molecular flexibility index (Phi) is 4.66. The van der Waals surface area contributed by atoms with Crippen molar-refractivity contribution in [2.75, 3.05) is 11.1 Å². The van der Waals surface area contributed by atoms with Crippen molar-refractivity contribution in [3.05, 3.63) is 36.4 Å². The van der Waals surface area contributed by atoms with Crippen molar-refractivity contribution in [2.24, 2.45) is 7.05 Å². The minimum Gasteiger partial charge on any atom is -0.309 e. The number of nitrogens with zero attached hydrogens (tertiary/aromatic N) is 4. The second kappa shape index (κ2) is 6.48. The zero-order valence-corrected chi connectivity index (χ0v) is 12.7. The van der Waals surface area contributed by atoms with Gasteiger partial charge in [0.05, 0.1) is 11.4 Å². The van der Waals surface area contributed by atoms with Crippen molar-refractivity contribution in [3.8, 4) is 11.4 Å². The highest BCUT2D eigenvalue weighted by atomic mass is 32.2. The number of carbonyl (C=O) groups is 1. The first-order chi connectivity index (χ1) is 10.4. The molecule has 0 aliphatic rings. The van der Waals surface area contributed by atoms with E-state index in [0.717, 1.165) is 11.1 Å². The summed E-state index contributed by atoms with van der Waals surface area (Å²) in [5.74, 6) is -0.483. The summed E-state index contributed by atoms with van der Waals surface area (Å²) in [6.45, 7) is 3.19. The standard InChI is InChI=1S/C13H15N5O3S/c1-3-22(20,21)9-7-13(19)15-12-5-4-10(16-17-12)11-6-8-14-18(11)2/h3-6,8H,1,7,9H2,2H3,(H,15,17,19). The van der Waals surface area contributed by atoms with Crippen LogP contribution in [0.3, 0.4) is 0 Å². The van der Waals surface area contributed by atoms with E-state index in [9.17, 15) is 13.2 Å². The van der Waals surface area contributed by atoms with Crippen LogP contribution in [0.25, 0.3) is 11.4 Å². The van der Waals surface area contributed by atoms with Crippen molar-refractivity contribution in [3.63, 3.8) is 0 Å². The molecular weight excluding hydrogens is 306 g/mol. The van der Waals surface area contributed by atoms with Crippen LogP contribution >= 0.6 is 0 Å². The molecule has 22 heavy (non-hydrogen) atoms. The molecule has 0 unspecified atom stereocenters. The van der Waals surface area contributed by atoms with Gasteiger partial charge in [-0.05, 0) is 18.2 Å². The fourth-order valence-electron chi connectivity index (χ4n) is 1.68. The van der Waals surface area contributed by atoms with E-state index in [1.807, 2.05) is 0 Å². The number of sulfone groups is 1. The molecule has 0 aromatic carbocycles. The molecule has 1 amide bonds. The number of aryl methyl sites for hydroxylation is 1. The molecule has 2 heterocycles. The summed E-state index contributed by atoms with van der Waals surface area (Å²) in [6, 6.07) is 5.08. The molecule has 0 fully saturated rings. The summed E-state index contributed by atoms with van der Waals surface area (Å²) in [5.41, 5.74) is 1.41. The number of hydrogen-bond donors (Lipinski definition) is 1. The van der Waals surface area contributed by atoms with Crippen molar-refractivity contribution < 1.29 is 13.2 Å². The lowest BCUT2D eigenvalue weighted by Gasteiger charge is -2.05. The van der Waals surface area contributed by atoms with Gasteiger partial charge < -0.3 is 5.32 Å². The third kappa shape index (κ3) is 3.98. The molecule has 2 aromatic rings. The van der Waals surface area contributed by atoms with Gasteiger partial charge in [-0.15, -0.1) is 10.2 Å². The minimum absolute atomic E-state index is 0.167. The number of amides is 1. The molecule has 0 saturated carbocycles. The van der Waals surface area contributed by atoms with Crippen LogP contribution in [0.15, 0.2) is 36.4 Å². The Morgan fingerprint density at radius 3 is 2.68 bits per heavy atom. The lowest BCUT2D eigenvalue weighted by Crippen LogP contribution is -2.17. The minimum atomic E-state index is -3.39. The Morgan fingerprint density at radius 2 is 2.14 bits per heavy atom. The lowest BCUT2D eigenvalue weighted by atomic mass is 10.3. The third-order valence-corrected chi connectivity index (χ3v) is 4.16. The maximum absolute atomic E-state index is 11.7. The predicted octanol–water partition coefficient (Wildman–Crippen LogP) is 0.764. The van der Waals surface area contributed by atoms with Crippen LogP contribution in [0.1, 0.15) is 6.42 Å². The molecule has 0 bridgehead atoms. The zero-order chi connectivity index (χ0) is 16.2. The molecule has 1 N–H and O–H groups in total. The first-order valence-corrected chi connectivity index (χ1v) is 8.10. The van der Waals surface area contributed by atoms with Gasteiger partial charge in [0.25, 0.3) is 0 Å². The Bertz CT molecular complexity index is 780. The molecule has 2 aromatic heterocycles. The van der Waals surface area contributed by atoms with E-state index in [1.165, 1.54) is 0 Å². The maximum atomic E-state index is 11.7. The van der Waals surface area contributed by atoms with E-state index in [-0.39, 0.29) is 18.0 Å². The highest BCUT2D eigenvalue weighted by Crippen LogP contribution is 2.15. The van der Waals surface area contributed by atoms with E-state index < -0.39 is 15.7 Å². The van der Waals surface area contributed by atoms with Crippen molar-refractivity contribution >= 4 is 21.6 Å². The number of rotatable bonds is 6. The molecule has 2 rings (SSSR count). The van der Waals surface area contributed by atoms with Gasteiger partial charge in [-0.3, -0.25) is 9.48 Å². The zero-order valence-electron chi connectivity index (χ0n) is 11.9. The topological polar surface area (TPSA) is 107 Å². The number of carbonyl (C=O) groups excluding carboxylic acids is 1. The molecule has 9 heteroatoms. The van der Waals surface area contributed by atoms with Crippen LogP contribution in [0.5, 0.6) is 0 Å². The number of nitrogens with one attached hydrogen (secondary N) is 1. The van der Waals surface area contributed by atoms with Crippen LogP contribution < -0.4 is 5.32 Å². The second-order valence-electron chi connectivity index (χ2n) is 4.48. The second-order valence-corrected chi connectivity index (χ2v) is 6.54. The summed E-state index contributed by atoms with van der Waals surface area (Å²) < 4.78 is 24.1. The fourth-order valence-corrected chi connectivity index (χ4v) is 2.32. The highest BCUT2D eigenvalue weighted by molar-refractivity contribution is 7.94. The first-order valence-electron chi connectivity index (χ1n) is 6.38.